The third-order valence-electron chi connectivity index (χ3n) is 1.52. The molecule has 0 unspecified atom stereocenters. The van der Waals surface area contributed by atoms with Gasteiger partial charge in [0, 0.05) is 0 Å². The van der Waals surface area contributed by atoms with E-state index in [0.717, 1.165) is 12.1 Å². The van der Waals surface area contributed by atoms with Gasteiger partial charge in [0.25, 0.3) is 0 Å². The van der Waals surface area contributed by atoms with Crippen molar-refractivity contribution in [1.29, 1.82) is 0 Å². The highest BCUT2D eigenvalue weighted by atomic mass is 19.4. The van der Waals surface area contributed by atoms with E-state index < -0.39 is 29.9 Å². The van der Waals surface area contributed by atoms with Crippen molar-refractivity contribution in [3.05, 3.63) is 23.8 Å². The Morgan fingerprint density at radius 2 is 1.80 bits per heavy atom. The fourth-order valence-corrected chi connectivity index (χ4v) is 0.942. The Kier molecular flexibility index (Phi) is 3.01. The summed E-state index contributed by atoms with van der Waals surface area (Å²) in [5.41, 5.74) is -1.42. The number of phenolic OH excluding ortho intramolecular Hbond substituents is 1. The van der Waals surface area contributed by atoms with E-state index in [9.17, 15) is 22.0 Å². The summed E-state index contributed by atoms with van der Waals surface area (Å²) >= 11 is 0. The monoisotopic (exact) mass is 228 g/mol. The normalized spacial score (nSPS) is 11.9. The molecule has 15 heavy (non-hydrogen) atoms. The molecule has 1 N–H and O–H groups in total. The third-order valence-corrected chi connectivity index (χ3v) is 1.52. The summed E-state index contributed by atoms with van der Waals surface area (Å²) in [6, 6.07) is 2.24. The molecule has 0 bridgehead atoms. The van der Waals surface area contributed by atoms with Crippen LogP contribution in [0.3, 0.4) is 0 Å². The van der Waals surface area contributed by atoms with Gasteiger partial charge in [0.15, 0.2) is 11.5 Å². The zero-order chi connectivity index (χ0) is 11.6. The second-order valence-electron chi connectivity index (χ2n) is 2.53. The van der Waals surface area contributed by atoms with Gasteiger partial charge in [0.05, 0.1) is 0 Å². The van der Waals surface area contributed by atoms with Gasteiger partial charge in [-0.3, -0.25) is 0 Å². The summed E-state index contributed by atoms with van der Waals surface area (Å²) in [7, 11) is 0. The van der Waals surface area contributed by atoms with Gasteiger partial charge in [0.1, 0.15) is 5.56 Å². The minimum atomic E-state index is -4.81. The minimum absolute atomic E-state index is 0.563. The number of alkyl halides is 5. The van der Waals surface area contributed by atoms with E-state index in [1.807, 2.05) is 0 Å². The van der Waals surface area contributed by atoms with E-state index in [2.05, 4.69) is 4.74 Å². The lowest BCUT2D eigenvalue weighted by Gasteiger charge is -2.12. The first-order chi connectivity index (χ1) is 6.82. The summed E-state index contributed by atoms with van der Waals surface area (Å²) in [6.07, 6.45) is -4.81. The standard InChI is InChI=1S/C8H5F5O2/c9-7(10)15-5-3-1-2-4(6(5)14)8(11,12)13/h1-3,7,14H. The number of ether oxygens (including phenoxy) is 1. The largest absolute Gasteiger partial charge is 0.504 e. The number of hydrogen-bond acceptors (Lipinski definition) is 2. The molecule has 0 aliphatic carbocycles. The number of para-hydroxylation sites is 1. The molecule has 1 aromatic rings. The smallest absolute Gasteiger partial charge is 0.420 e. The van der Waals surface area contributed by atoms with Crippen molar-refractivity contribution in [3.8, 4) is 11.5 Å². The molecule has 0 saturated carbocycles. The number of benzene rings is 1. The number of hydrogen-bond donors (Lipinski definition) is 1. The lowest BCUT2D eigenvalue weighted by atomic mass is 10.2. The molecule has 84 valence electrons. The third kappa shape index (κ3) is 2.71. The quantitative estimate of drug-likeness (QED) is 0.788. The molecule has 7 heteroatoms. The summed E-state index contributed by atoms with van der Waals surface area (Å²) in [5, 5.41) is 8.99. The predicted molar refractivity (Wildman–Crippen MR) is 39.7 cm³/mol. The number of rotatable bonds is 2. The first-order valence-corrected chi connectivity index (χ1v) is 3.66. The average molecular weight is 228 g/mol. The van der Waals surface area contributed by atoms with Crippen LogP contribution in [0.4, 0.5) is 22.0 Å². The second-order valence-corrected chi connectivity index (χ2v) is 2.53. The lowest BCUT2D eigenvalue weighted by molar-refractivity contribution is -0.139. The number of phenols is 1. The van der Waals surface area contributed by atoms with E-state index in [0.29, 0.717) is 6.07 Å². The molecule has 0 atom stereocenters. The molecule has 0 aliphatic heterocycles. The van der Waals surface area contributed by atoms with Crippen LogP contribution in [0.15, 0.2) is 18.2 Å². The lowest BCUT2D eigenvalue weighted by Crippen LogP contribution is -2.08. The Hall–Kier alpha value is -1.53. The zero-order valence-corrected chi connectivity index (χ0v) is 7.05. The Morgan fingerprint density at radius 1 is 1.20 bits per heavy atom. The van der Waals surface area contributed by atoms with Crippen molar-refractivity contribution in [3.63, 3.8) is 0 Å². The SMILES string of the molecule is Oc1c(OC(F)F)cccc1C(F)(F)F. The van der Waals surface area contributed by atoms with Crippen LogP contribution in [0.5, 0.6) is 11.5 Å². The van der Waals surface area contributed by atoms with E-state index >= 15 is 0 Å². The first-order valence-electron chi connectivity index (χ1n) is 3.66. The molecular formula is C8H5F5O2. The molecule has 0 saturated heterocycles. The van der Waals surface area contributed by atoms with Crippen LogP contribution in [0, 0.1) is 0 Å². The fourth-order valence-electron chi connectivity index (χ4n) is 0.942. The van der Waals surface area contributed by atoms with E-state index in [1.54, 1.807) is 0 Å². The van der Waals surface area contributed by atoms with Crippen molar-refractivity contribution in [2.75, 3.05) is 0 Å². The van der Waals surface area contributed by atoms with E-state index in [-0.39, 0.29) is 0 Å². The Morgan fingerprint density at radius 3 is 2.27 bits per heavy atom. The van der Waals surface area contributed by atoms with Crippen molar-refractivity contribution < 1.29 is 31.8 Å². The molecule has 0 aliphatic rings. The predicted octanol–water partition coefficient (Wildman–Crippen LogP) is 3.01. The van der Waals surface area contributed by atoms with Gasteiger partial charge in [-0.25, -0.2) is 0 Å². The highest BCUT2D eigenvalue weighted by molar-refractivity contribution is 5.46. The summed E-state index contributed by atoms with van der Waals surface area (Å²) in [6.45, 7) is -3.29. The molecule has 0 heterocycles. The van der Waals surface area contributed by atoms with Crippen LogP contribution in [0.1, 0.15) is 5.56 Å². The van der Waals surface area contributed by atoms with Crippen LogP contribution >= 0.6 is 0 Å². The molecule has 0 aromatic heterocycles. The fraction of sp³-hybridized carbons (Fsp3) is 0.250. The molecular weight excluding hydrogens is 223 g/mol. The maximum atomic E-state index is 12.2. The Bertz CT molecular complexity index is 347. The topological polar surface area (TPSA) is 29.5 Å². The average Bonchev–Trinajstić information content (AvgIpc) is 2.05. The summed E-state index contributed by atoms with van der Waals surface area (Å²) < 4.78 is 63.6. The second kappa shape index (κ2) is 3.92. The van der Waals surface area contributed by atoms with Gasteiger partial charge in [-0.1, -0.05) is 6.07 Å². The van der Waals surface area contributed by atoms with Crippen LogP contribution in [-0.2, 0) is 6.18 Å². The van der Waals surface area contributed by atoms with E-state index in [4.69, 9.17) is 5.11 Å². The maximum Gasteiger partial charge on any atom is 0.420 e. The molecule has 2 nitrogen and oxygen atoms in total. The van der Waals surface area contributed by atoms with Gasteiger partial charge >= 0.3 is 12.8 Å². The molecule has 1 rings (SSSR count). The summed E-state index contributed by atoms with van der Waals surface area (Å²) in [5.74, 6) is -2.25. The molecule has 0 radical (unpaired) electrons. The van der Waals surface area contributed by atoms with Gasteiger partial charge in [-0.2, -0.15) is 22.0 Å². The maximum absolute atomic E-state index is 12.2. The van der Waals surface area contributed by atoms with Crippen LogP contribution in [-0.4, -0.2) is 11.7 Å². The molecule has 1 aromatic carbocycles. The number of halogens is 5. The Labute approximate surface area is 80.9 Å². The molecule has 0 amide bonds. The van der Waals surface area contributed by atoms with E-state index in [1.165, 1.54) is 0 Å². The van der Waals surface area contributed by atoms with Crippen molar-refractivity contribution in [2.24, 2.45) is 0 Å². The highest BCUT2D eigenvalue weighted by Gasteiger charge is 2.35. The highest BCUT2D eigenvalue weighted by Crippen LogP contribution is 2.40. The Balaban J connectivity index is 3.12. The van der Waals surface area contributed by atoms with Gasteiger partial charge in [0.2, 0.25) is 0 Å². The minimum Gasteiger partial charge on any atom is -0.504 e. The van der Waals surface area contributed by atoms with Gasteiger partial charge in [-0.15, -0.1) is 0 Å². The van der Waals surface area contributed by atoms with Crippen molar-refractivity contribution in [1.82, 2.24) is 0 Å². The van der Waals surface area contributed by atoms with Crippen LogP contribution < -0.4 is 4.74 Å². The zero-order valence-electron chi connectivity index (χ0n) is 7.05. The van der Waals surface area contributed by atoms with Crippen molar-refractivity contribution in [2.45, 2.75) is 12.8 Å². The molecule has 0 fully saturated rings. The molecule has 0 spiro atoms. The van der Waals surface area contributed by atoms with Crippen molar-refractivity contribution >= 4 is 0 Å². The summed E-state index contributed by atoms with van der Waals surface area (Å²) in [4.78, 5) is 0. The van der Waals surface area contributed by atoms with Gasteiger partial charge in [-0.05, 0) is 12.1 Å². The first kappa shape index (κ1) is 11.5. The van der Waals surface area contributed by atoms with Crippen LogP contribution in [0.2, 0.25) is 0 Å². The van der Waals surface area contributed by atoms with Gasteiger partial charge < -0.3 is 9.84 Å². The number of aromatic hydroxyl groups is 1. The van der Waals surface area contributed by atoms with Crippen LogP contribution in [0.25, 0.3) is 0 Å².